The molecule has 0 atom stereocenters. The summed E-state index contributed by atoms with van der Waals surface area (Å²) in [7, 11) is 0. The molecule has 7 heteroatoms. The van der Waals surface area contributed by atoms with Crippen molar-refractivity contribution in [2.45, 2.75) is 18.8 Å². The summed E-state index contributed by atoms with van der Waals surface area (Å²) in [5.41, 5.74) is 2.62. The molecular formula is C29H25N5O2. The van der Waals surface area contributed by atoms with Gasteiger partial charge in [0.05, 0.1) is 11.1 Å². The maximum Gasteiger partial charge on any atom is 0.257 e. The molecule has 7 nitrogen and oxygen atoms in total. The van der Waals surface area contributed by atoms with Crippen molar-refractivity contribution in [2.24, 2.45) is 0 Å². The number of piperidine rings is 1. The number of tetrazole rings is 1. The van der Waals surface area contributed by atoms with E-state index in [2.05, 4.69) is 63.1 Å². The topological polar surface area (TPSA) is 84.0 Å². The number of aromatic amines is 1. The minimum Gasteiger partial charge on any atom is -0.456 e. The number of fused-ring (bicyclic) bond motifs is 1. The number of aromatic nitrogens is 4. The van der Waals surface area contributed by atoms with Crippen molar-refractivity contribution in [1.29, 1.82) is 0 Å². The highest BCUT2D eigenvalue weighted by molar-refractivity contribution is 5.97. The van der Waals surface area contributed by atoms with Gasteiger partial charge in [0, 0.05) is 13.1 Å². The molecule has 0 bridgehead atoms. The molecular weight excluding hydrogens is 450 g/mol. The van der Waals surface area contributed by atoms with Gasteiger partial charge in [0.2, 0.25) is 5.82 Å². The van der Waals surface area contributed by atoms with Gasteiger partial charge in [-0.25, -0.2) is 0 Å². The first-order valence-corrected chi connectivity index (χ1v) is 12.1. The van der Waals surface area contributed by atoms with Gasteiger partial charge in [0.1, 0.15) is 11.5 Å². The number of ether oxygens (including phenoxy) is 1. The van der Waals surface area contributed by atoms with E-state index in [1.54, 1.807) is 0 Å². The van der Waals surface area contributed by atoms with Crippen LogP contribution in [0.15, 0.2) is 91.0 Å². The molecule has 1 aliphatic rings. The number of carbonyl (C=O) groups excluding carboxylic acids is 1. The highest BCUT2D eigenvalue weighted by atomic mass is 16.5. The molecule has 1 fully saturated rings. The minimum atomic E-state index is -0.0148. The van der Waals surface area contributed by atoms with Crippen molar-refractivity contribution in [3.63, 3.8) is 0 Å². The second-order valence-corrected chi connectivity index (χ2v) is 8.96. The lowest BCUT2D eigenvalue weighted by Crippen LogP contribution is -2.38. The zero-order valence-electron chi connectivity index (χ0n) is 19.7. The molecule has 0 aliphatic carbocycles. The first kappa shape index (κ1) is 22.0. The number of hydrogen-bond acceptors (Lipinski definition) is 5. The number of likely N-dealkylation sites (tertiary alicyclic amines) is 1. The van der Waals surface area contributed by atoms with Crippen LogP contribution in [0.25, 0.3) is 22.2 Å². The molecule has 1 N–H and O–H groups in total. The van der Waals surface area contributed by atoms with Crippen LogP contribution in [0, 0.1) is 0 Å². The van der Waals surface area contributed by atoms with Gasteiger partial charge in [-0.15, -0.1) is 10.2 Å². The summed E-state index contributed by atoms with van der Waals surface area (Å²) in [4.78, 5) is 15.5. The van der Waals surface area contributed by atoms with E-state index in [-0.39, 0.29) is 5.91 Å². The van der Waals surface area contributed by atoms with Gasteiger partial charge in [-0.2, -0.15) is 5.21 Å². The van der Waals surface area contributed by atoms with E-state index in [1.165, 1.54) is 16.3 Å². The minimum absolute atomic E-state index is 0.0148. The smallest absolute Gasteiger partial charge is 0.257 e. The van der Waals surface area contributed by atoms with E-state index < -0.39 is 0 Å². The number of hydrogen-bond donors (Lipinski definition) is 1. The van der Waals surface area contributed by atoms with Crippen LogP contribution in [-0.4, -0.2) is 44.5 Å². The standard InChI is InChI=1S/C29H25N5O2/c35-29(34-18-16-21(17-19-34)23-13-7-9-20-8-1-2-10-22(20)23)25-12-4-6-15-27(25)36-26-14-5-3-11-24(26)28-30-32-33-31-28/h1-15,21H,16-19H2,(H,30,31,32,33). The summed E-state index contributed by atoms with van der Waals surface area (Å²) in [5.74, 6) is 1.93. The maximum atomic E-state index is 13.6. The van der Waals surface area contributed by atoms with E-state index in [0.717, 1.165) is 12.8 Å². The van der Waals surface area contributed by atoms with Crippen LogP contribution in [0.4, 0.5) is 0 Å². The normalized spacial score (nSPS) is 14.2. The lowest BCUT2D eigenvalue weighted by atomic mass is 9.86. The molecule has 1 saturated heterocycles. The van der Waals surface area contributed by atoms with E-state index in [1.807, 2.05) is 53.4 Å². The first-order valence-electron chi connectivity index (χ1n) is 12.1. The van der Waals surface area contributed by atoms with E-state index in [4.69, 9.17) is 4.74 Å². The van der Waals surface area contributed by atoms with Crippen LogP contribution >= 0.6 is 0 Å². The van der Waals surface area contributed by atoms with Crippen LogP contribution in [0.5, 0.6) is 11.5 Å². The lowest BCUT2D eigenvalue weighted by Gasteiger charge is -2.33. The Morgan fingerprint density at radius 1 is 0.833 bits per heavy atom. The summed E-state index contributed by atoms with van der Waals surface area (Å²) in [6.45, 7) is 1.42. The number of nitrogens with zero attached hydrogens (tertiary/aromatic N) is 4. The summed E-state index contributed by atoms with van der Waals surface area (Å²) in [6.07, 6.45) is 1.87. The number of amides is 1. The maximum absolute atomic E-state index is 13.6. The second kappa shape index (κ2) is 9.62. The highest BCUT2D eigenvalue weighted by Crippen LogP contribution is 2.36. The van der Waals surface area contributed by atoms with Crippen molar-refractivity contribution in [2.75, 3.05) is 13.1 Å². The molecule has 5 aromatic rings. The van der Waals surface area contributed by atoms with Gasteiger partial charge in [-0.05, 0) is 64.6 Å². The average molecular weight is 476 g/mol. The Morgan fingerprint density at radius 3 is 2.39 bits per heavy atom. The van der Waals surface area contributed by atoms with Gasteiger partial charge in [-0.3, -0.25) is 4.79 Å². The third-order valence-electron chi connectivity index (χ3n) is 6.86. The average Bonchev–Trinajstić information content (AvgIpc) is 3.48. The quantitative estimate of drug-likeness (QED) is 0.346. The predicted octanol–water partition coefficient (Wildman–Crippen LogP) is 5.83. The van der Waals surface area contributed by atoms with E-state index in [0.29, 0.717) is 47.5 Å². The van der Waals surface area contributed by atoms with Crippen LogP contribution in [0.2, 0.25) is 0 Å². The molecule has 0 radical (unpaired) electrons. The Kier molecular flexibility index (Phi) is 5.87. The molecule has 1 amide bonds. The molecule has 0 saturated carbocycles. The Hall–Kier alpha value is -4.52. The van der Waals surface area contributed by atoms with Crippen LogP contribution in [-0.2, 0) is 0 Å². The van der Waals surface area contributed by atoms with Crippen molar-refractivity contribution in [1.82, 2.24) is 25.5 Å². The van der Waals surface area contributed by atoms with Crippen LogP contribution in [0.1, 0.15) is 34.7 Å². The molecule has 0 unspecified atom stereocenters. The lowest BCUT2D eigenvalue weighted by molar-refractivity contribution is 0.0710. The molecule has 2 heterocycles. The Morgan fingerprint density at radius 2 is 1.56 bits per heavy atom. The summed E-state index contributed by atoms with van der Waals surface area (Å²) in [6, 6.07) is 29.9. The summed E-state index contributed by atoms with van der Waals surface area (Å²) < 4.78 is 6.25. The van der Waals surface area contributed by atoms with Crippen LogP contribution < -0.4 is 4.74 Å². The van der Waals surface area contributed by atoms with Crippen molar-refractivity contribution in [3.05, 3.63) is 102 Å². The number of carbonyl (C=O) groups is 1. The monoisotopic (exact) mass is 475 g/mol. The number of H-pyrrole nitrogens is 1. The number of rotatable bonds is 5. The summed E-state index contributed by atoms with van der Waals surface area (Å²) in [5, 5.41) is 16.8. The molecule has 1 aromatic heterocycles. The Labute approximate surface area is 208 Å². The predicted molar refractivity (Wildman–Crippen MR) is 138 cm³/mol. The van der Waals surface area contributed by atoms with Gasteiger partial charge in [0.25, 0.3) is 5.91 Å². The van der Waals surface area contributed by atoms with E-state index in [9.17, 15) is 4.79 Å². The van der Waals surface area contributed by atoms with Gasteiger partial charge in [0.15, 0.2) is 0 Å². The molecule has 1 aliphatic heterocycles. The fourth-order valence-corrected chi connectivity index (χ4v) is 5.04. The van der Waals surface area contributed by atoms with Gasteiger partial charge < -0.3 is 9.64 Å². The number of para-hydroxylation sites is 2. The zero-order chi connectivity index (χ0) is 24.3. The fraction of sp³-hybridized carbons (Fsp3) is 0.172. The third kappa shape index (κ3) is 4.20. The summed E-state index contributed by atoms with van der Waals surface area (Å²) >= 11 is 0. The highest BCUT2D eigenvalue weighted by Gasteiger charge is 2.27. The zero-order valence-corrected chi connectivity index (χ0v) is 19.7. The fourth-order valence-electron chi connectivity index (χ4n) is 5.04. The Balaban J connectivity index is 1.21. The molecule has 178 valence electrons. The van der Waals surface area contributed by atoms with Crippen LogP contribution in [0.3, 0.4) is 0 Å². The van der Waals surface area contributed by atoms with Gasteiger partial charge >= 0.3 is 0 Å². The molecule has 0 spiro atoms. The third-order valence-corrected chi connectivity index (χ3v) is 6.86. The molecule has 4 aromatic carbocycles. The number of nitrogens with one attached hydrogen (secondary N) is 1. The first-order chi connectivity index (χ1) is 17.8. The number of benzene rings is 4. The van der Waals surface area contributed by atoms with E-state index >= 15 is 0 Å². The van der Waals surface area contributed by atoms with Gasteiger partial charge in [-0.1, -0.05) is 66.7 Å². The largest absolute Gasteiger partial charge is 0.456 e. The van der Waals surface area contributed by atoms with Crippen molar-refractivity contribution in [3.8, 4) is 22.9 Å². The molecule has 6 rings (SSSR count). The SMILES string of the molecule is O=C(c1ccccc1Oc1ccccc1-c1nn[nH]n1)N1CCC(c2cccc3ccccc23)CC1. The second-order valence-electron chi connectivity index (χ2n) is 8.96. The molecule has 36 heavy (non-hydrogen) atoms. The Bertz CT molecular complexity index is 1500. The van der Waals surface area contributed by atoms with Crippen molar-refractivity contribution >= 4 is 16.7 Å². The van der Waals surface area contributed by atoms with Crippen molar-refractivity contribution < 1.29 is 9.53 Å².